The molecular formula is C10H14N2O3. The number of nitrogens with one attached hydrogen (secondary N) is 1. The first-order valence-corrected chi connectivity index (χ1v) is 5.04. The van der Waals surface area contributed by atoms with Crippen LogP contribution in [0.4, 0.5) is 0 Å². The molecule has 82 valence electrons. The lowest BCUT2D eigenvalue weighted by Crippen LogP contribution is -2.58. The molecule has 0 aliphatic carbocycles. The van der Waals surface area contributed by atoms with Gasteiger partial charge >= 0.3 is 5.97 Å². The van der Waals surface area contributed by atoms with E-state index in [2.05, 4.69) is 10.5 Å². The molecule has 1 aromatic heterocycles. The van der Waals surface area contributed by atoms with Crippen LogP contribution in [0.3, 0.4) is 0 Å². The molecule has 5 nitrogen and oxygen atoms in total. The van der Waals surface area contributed by atoms with E-state index in [4.69, 9.17) is 9.26 Å². The predicted molar refractivity (Wildman–Crippen MR) is 52.3 cm³/mol. The van der Waals surface area contributed by atoms with E-state index in [1.165, 1.54) is 6.26 Å². The molecule has 15 heavy (non-hydrogen) atoms. The van der Waals surface area contributed by atoms with Gasteiger partial charge in [0.1, 0.15) is 6.26 Å². The van der Waals surface area contributed by atoms with Crippen LogP contribution in [0.1, 0.15) is 19.0 Å². The van der Waals surface area contributed by atoms with Crippen LogP contribution in [0.25, 0.3) is 0 Å². The molecule has 0 aromatic carbocycles. The van der Waals surface area contributed by atoms with Crippen molar-refractivity contribution in [3.63, 3.8) is 0 Å². The number of ether oxygens (including phenoxy) is 1. The van der Waals surface area contributed by atoms with Crippen molar-refractivity contribution < 1.29 is 14.1 Å². The van der Waals surface area contributed by atoms with Crippen molar-refractivity contribution >= 4 is 5.97 Å². The van der Waals surface area contributed by atoms with E-state index in [0.717, 1.165) is 18.8 Å². The molecule has 2 rings (SSSR count). The first-order chi connectivity index (χ1) is 7.27. The molecule has 5 heteroatoms. The Morgan fingerprint density at radius 1 is 1.73 bits per heavy atom. The van der Waals surface area contributed by atoms with Crippen molar-refractivity contribution in [2.75, 3.05) is 19.7 Å². The van der Waals surface area contributed by atoms with Crippen LogP contribution in [-0.4, -0.2) is 30.8 Å². The minimum Gasteiger partial charge on any atom is -0.466 e. The highest BCUT2D eigenvalue weighted by Crippen LogP contribution is 2.31. The molecule has 0 amide bonds. The summed E-state index contributed by atoms with van der Waals surface area (Å²) in [5.41, 5.74) is 0.605. The van der Waals surface area contributed by atoms with Crippen molar-refractivity contribution in [2.24, 2.45) is 0 Å². The molecule has 0 saturated carbocycles. The van der Waals surface area contributed by atoms with Crippen molar-refractivity contribution in [1.82, 2.24) is 10.5 Å². The number of hydrogen-bond acceptors (Lipinski definition) is 5. The molecule has 0 unspecified atom stereocenters. The van der Waals surface area contributed by atoms with Crippen LogP contribution in [0, 0.1) is 0 Å². The minimum atomic E-state index is -0.223. The molecule has 1 aromatic rings. The van der Waals surface area contributed by atoms with Gasteiger partial charge in [-0.15, -0.1) is 0 Å². The predicted octanol–water partition coefficient (Wildman–Crippen LogP) is 0.469. The Balaban J connectivity index is 2.06. The Kier molecular flexibility index (Phi) is 2.73. The van der Waals surface area contributed by atoms with Crippen LogP contribution in [0.2, 0.25) is 0 Å². The van der Waals surface area contributed by atoms with Crippen LogP contribution in [0.15, 0.2) is 16.9 Å². The maximum absolute atomic E-state index is 11.4. The third kappa shape index (κ3) is 1.87. The number of hydrogen-bond donors (Lipinski definition) is 1. The highest BCUT2D eigenvalue weighted by atomic mass is 16.5. The van der Waals surface area contributed by atoms with E-state index in [0.29, 0.717) is 13.0 Å². The Morgan fingerprint density at radius 3 is 3.00 bits per heavy atom. The number of nitrogens with zero attached hydrogens (tertiary/aromatic N) is 1. The topological polar surface area (TPSA) is 64.4 Å². The molecular weight excluding hydrogens is 196 g/mol. The van der Waals surface area contributed by atoms with E-state index in [1.54, 1.807) is 13.0 Å². The van der Waals surface area contributed by atoms with Gasteiger partial charge in [-0.05, 0) is 6.92 Å². The molecule has 0 bridgehead atoms. The molecule has 1 aliphatic heterocycles. The largest absolute Gasteiger partial charge is 0.466 e. The molecule has 1 N–H and O–H groups in total. The van der Waals surface area contributed by atoms with Gasteiger partial charge in [-0.1, -0.05) is 5.16 Å². The molecule has 1 aliphatic rings. The number of rotatable bonds is 4. The summed E-state index contributed by atoms with van der Waals surface area (Å²) in [5.74, 6) is -0.179. The van der Waals surface area contributed by atoms with Crippen molar-refractivity contribution in [1.29, 1.82) is 0 Å². The molecule has 2 heterocycles. The number of aromatic nitrogens is 1. The van der Waals surface area contributed by atoms with E-state index in [-0.39, 0.29) is 11.4 Å². The highest BCUT2D eigenvalue weighted by molar-refractivity contribution is 5.71. The van der Waals surface area contributed by atoms with Gasteiger partial charge in [-0.3, -0.25) is 4.79 Å². The summed E-state index contributed by atoms with van der Waals surface area (Å²) in [6.45, 7) is 3.72. The lowest BCUT2D eigenvalue weighted by atomic mass is 9.76. The first-order valence-electron chi connectivity index (χ1n) is 5.04. The molecule has 1 fully saturated rings. The summed E-state index contributed by atoms with van der Waals surface area (Å²) in [7, 11) is 0. The molecule has 0 atom stereocenters. The third-order valence-electron chi connectivity index (χ3n) is 2.70. The lowest BCUT2D eigenvalue weighted by molar-refractivity contribution is -0.145. The Morgan fingerprint density at radius 2 is 2.53 bits per heavy atom. The van der Waals surface area contributed by atoms with Gasteiger partial charge in [-0.2, -0.15) is 0 Å². The van der Waals surface area contributed by atoms with Crippen LogP contribution in [0.5, 0.6) is 0 Å². The average molecular weight is 210 g/mol. The summed E-state index contributed by atoms with van der Waals surface area (Å²) in [5, 5.41) is 7.05. The minimum absolute atomic E-state index is 0.179. The van der Waals surface area contributed by atoms with Crippen molar-refractivity contribution in [3.05, 3.63) is 18.0 Å². The lowest BCUT2D eigenvalue weighted by Gasteiger charge is -2.40. The third-order valence-corrected chi connectivity index (χ3v) is 2.70. The summed E-state index contributed by atoms with van der Waals surface area (Å²) in [6, 6.07) is 1.81. The van der Waals surface area contributed by atoms with E-state index >= 15 is 0 Å². The van der Waals surface area contributed by atoms with Crippen molar-refractivity contribution in [2.45, 2.75) is 18.8 Å². The highest BCUT2D eigenvalue weighted by Gasteiger charge is 2.43. The average Bonchev–Trinajstić information content (AvgIpc) is 2.64. The Hall–Kier alpha value is -1.36. The number of esters is 1. The quantitative estimate of drug-likeness (QED) is 0.732. The first kappa shape index (κ1) is 10.2. The normalized spacial score (nSPS) is 18.2. The van der Waals surface area contributed by atoms with Gasteiger partial charge in [0.25, 0.3) is 0 Å². The number of carbonyl (C=O) groups excluding carboxylic acids is 1. The van der Waals surface area contributed by atoms with E-state index in [9.17, 15) is 4.79 Å². The van der Waals surface area contributed by atoms with Gasteiger partial charge in [0.15, 0.2) is 0 Å². The maximum atomic E-state index is 11.4. The number of carbonyl (C=O) groups is 1. The van der Waals surface area contributed by atoms with Gasteiger partial charge < -0.3 is 14.6 Å². The van der Waals surface area contributed by atoms with Crippen LogP contribution < -0.4 is 5.32 Å². The van der Waals surface area contributed by atoms with Crippen LogP contribution >= 0.6 is 0 Å². The second-order valence-corrected chi connectivity index (χ2v) is 3.75. The fourth-order valence-electron chi connectivity index (χ4n) is 1.80. The summed E-state index contributed by atoms with van der Waals surface area (Å²) >= 11 is 0. The molecule has 0 spiro atoms. The van der Waals surface area contributed by atoms with Gasteiger partial charge in [-0.25, -0.2) is 0 Å². The van der Waals surface area contributed by atoms with Crippen molar-refractivity contribution in [3.8, 4) is 0 Å². The monoisotopic (exact) mass is 210 g/mol. The Labute approximate surface area is 87.8 Å². The summed E-state index contributed by atoms with van der Waals surface area (Å²) in [4.78, 5) is 11.4. The van der Waals surface area contributed by atoms with Gasteiger partial charge in [0.2, 0.25) is 0 Å². The van der Waals surface area contributed by atoms with Gasteiger partial charge in [0, 0.05) is 19.2 Å². The fraction of sp³-hybridized carbons (Fsp3) is 0.600. The fourth-order valence-corrected chi connectivity index (χ4v) is 1.80. The zero-order valence-electron chi connectivity index (χ0n) is 8.66. The second-order valence-electron chi connectivity index (χ2n) is 3.75. The summed E-state index contributed by atoms with van der Waals surface area (Å²) < 4.78 is 9.75. The maximum Gasteiger partial charge on any atom is 0.306 e. The SMILES string of the molecule is CCOC(=O)CC1(c2ccon2)CNC1. The second kappa shape index (κ2) is 4.02. The Bertz CT molecular complexity index is 330. The zero-order chi connectivity index (χ0) is 10.7. The van der Waals surface area contributed by atoms with E-state index < -0.39 is 0 Å². The van der Waals surface area contributed by atoms with Crippen LogP contribution in [-0.2, 0) is 14.9 Å². The van der Waals surface area contributed by atoms with E-state index in [1.807, 2.05) is 0 Å². The zero-order valence-corrected chi connectivity index (χ0v) is 8.66. The molecule has 1 saturated heterocycles. The smallest absolute Gasteiger partial charge is 0.306 e. The molecule has 0 radical (unpaired) electrons. The van der Waals surface area contributed by atoms with Gasteiger partial charge in [0.05, 0.1) is 24.1 Å². The summed E-state index contributed by atoms with van der Waals surface area (Å²) in [6.07, 6.45) is 1.89. The standard InChI is InChI=1S/C10H14N2O3/c1-2-14-9(13)5-10(6-11-7-10)8-3-4-15-12-8/h3-4,11H,2,5-7H2,1H3.